The number of thiophene rings is 1. The molecule has 0 saturated carbocycles. The van der Waals surface area contributed by atoms with Gasteiger partial charge in [-0.3, -0.25) is 4.79 Å². The summed E-state index contributed by atoms with van der Waals surface area (Å²) < 4.78 is 2.28. The predicted octanol–water partition coefficient (Wildman–Crippen LogP) is 4.59. The van der Waals surface area contributed by atoms with Gasteiger partial charge in [-0.15, -0.1) is 11.3 Å². The number of likely N-dealkylation sites (N-methyl/N-ethyl adjacent to an activating group) is 1. The van der Waals surface area contributed by atoms with Crippen LogP contribution in [0.3, 0.4) is 0 Å². The minimum absolute atomic E-state index is 0.0423. The number of nitrogens with zero attached hydrogens (tertiary/aromatic N) is 2. The first kappa shape index (κ1) is 18.7. The Kier molecular flexibility index (Phi) is 4.37. The van der Waals surface area contributed by atoms with Gasteiger partial charge in [-0.1, -0.05) is 48.5 Å². The largest absolute Gasteiger partial charge is 0.353 e. The first-order valence-electron chi connectivity index (χ1n) is 10.7. The molecule has 2 aromatic heterocycles. The molecule has 31 heavy (non-hydrogen) atoms. The van der Waals surface area contributed by atoms with Crippen molar-refractivity contribution in [2.75, 3.05) is 18.9 Å². The van der Waals surface area contributed by atoms with Gasteiger partial charge in [0.2, 0.25) is 0 Å². The zero-order chi connectivity index (χ0) is 20.9. The van der Waals surface area contributed by atoms with Gasteiger partial charge >= 0.3 is 0 Å². The van der Waals surface area contributed by atoms with Gasteiger partial charge in [0.15, 0.2) is 0 Å². The second-order valence-corrected chi connectivity index (χ2v) is 9.57. The highest BCUT2D eigenvalue weighted by molar-refractivity contribution is 7.16. The van der Waals surface area contributed by atoms with Crippen molar-refractivity contribution in [1.82, 2.24) is 14.8 Å². The lowest BCUT2D eigenvalue weighted by Crippen LogP contribution is -2.38. The highest BCUT2D eigenvalue weighted by Crippen LogP contribution is 2.41. The fraction of sp³-hybridized carbons (Fsp3) is 0.240. The number of nitrogens with one attached hydrogen (secondary N) is 2. The fourth-order valence-electron chi connectivity index (χ4n) is 4.82. The van der Waals surface area contributed by atoms with Gasteiger partial charge in [-0.2, -0.15) is 0 Å². The Morgan fingerprint density at radius 3 is 2.74 bits per heavy atom. The maximum Gasteiger partial charge on any atom is 0.256 e. The molecule has 0 saturated heterocycles. The van der Waals surface area contributed by atoms with Gasteiger partial charge in [0.05, 0.1) is 5.56 Å². The molecule has 0 bridgehead atoms. The average molecular weight is 429 g/mol. The number of carbonyl (C=O) groups is 1. The van der Waals surface area contributed by atoms with E-state index in [1.165, 1.54) is 26.9 Å². The Balaban J connectivity index is 1.39. The first-order chi connectivity index (χ1) is 15.2. The Labute approximate surface area is 185 Å². The van der Waals surface area contributed by atoms with Crippen LogP contribution in [-0.4, -0.2) is 29.0 Å². The van der Waals surface area contributed by atoms with E-state index in [1.54, 1.807) is 11.3 Å². The highest BCUT2D eigenvalue weighted by Gasteiger charge is 2.33. The Hall–Kier alpha value is -3.09. The fourth-order valence-corrected chi connectivity index (χ4v) is 6.17. The summed E-state index contributed by atoms with van der Waals surface area (Å²) >= 11 is 1.74. The molecule has 4 aromatic rings. The molecule has 2 aliphatic rings. The summed E-state index contributed by atoms with van der Waals surface area (Å²) in [5.41, 5.74) is 5.63. The first-order valence-corrected chi connectivity index (χ1v) is 11.5. The van der Waals surface area contributed by atoms with Crippen molar-refractivity contribution in [1.29, 1.82) is 0 Å². The van der Waals surface area contributed by atoms with Crippen molar-refractivity contribution in [2.45, 2.75) is 25.7 Å². The summed E-state index contributed by atoms with van der Waals surface area (Å²) in [5, 5.41) is 9.05. The molecule has 0 radical (unpaired) electrons. The third-order valence-electron chi connectivity index (χ3n) is 6.35. The number of carbonyl (C=O) groups excluding carboxylic acids is 1. The number of rotatable bonds is 3. The van der Waals surface area contributed by atoms with E-state index in [4.69, 9.17) is 0 Å². The van der Waals surface area contributed by atoms with Crippen LogP contribution in [0.1, 0.15) is 38.1 Å². The second kappa shape index (κ2) is 7.25. The normalized spacial score (nSPS) is 18.4. The summed E-state index contributed by atoms with van der Waals surface area (Å²) in [7, 11) is 2.14. The molecule has 156 valence electrons. The van der Waals surface area contributed by atoms with Gasteiger partial charge in [-0.25, -0.2) is 0 Å². The molecule has 2 aliphatic heterocycles. The van der Waals surface area contributed by atoms with Crippen molar-refractivity contribution in [3.8, 4) is 0 Å². The molecule has 6 rings (SSSR count). The summed E-state index contributed by atoms with van der Waals surface area (Å²) in [6, 6.07) is 18.9. The number of aromatic nitrogens is 1. The van der Waals surface area contributed by atoms with Gasteiger partial charge in [0.1, 0.15) is 11.2 Å². The molecule has 2 aromatic carbocycles. The summed E-state index contributed by atoms with van der Waals surface area (Å²) in [6.07, 6.45) is 2.88. The Bertz CT molecular complexity index is 1290. The molecule has 6 heteroatoms. The molecule has 0 fully saturated rings. The van der Waals surface area contributed by atoms with Crippen LogP contribution < -0.4 is 10.6 Å². The van der Waals surface area contributed by atoms with E-state index < -0.39 is 0 Å². The molecule has 1 amide bonds. The van der Waals surface area contributed by atoms with Crippen LogP contribution in [0, 0.1) is 0 Å². The molecular weight excluding hydrogens is 404 g/mol. The van der Waals surface area contributed by atoms with Crippen LogP contribution in [0.25, 0.3) is 10.9 Å². The lowest BCUT2D eigenvalue weighted by Gasteiger charge is -2.27. The minimum Gasteiger partial charge on any atom is -0.353 e. The van der Waals surface area contributed by atoms with E-state index in [9.17, 15) is 4.79 Å². The quantitative estimate of drug-likeness (QED) is 0.502. The third-order valence-corrected chi connectivity index (χ3v) is 7.50. The minimum atomic E-state index is -0.236. The molecular formula is C25H24N4OS. The number of hydrogen-bond donors (Lipinski definition) is 2. The van der Waals surface area contributed by atoms with Crippen molar-refractivity contribution < 1.29 is 4.79 Å². The van der Waals surface area contributed by atoms with Gasteiger partial charge in [0, 0.05) is 47.2 Å². The average Bonchev–Trinajstić information content (AvgIpc) is 3.32. The number of amides is 1. The van der Waals surface area contributed by atoms with Crippen molar-refractivity contribution in [2.24, 2.45) is 0 Å². The van der Waals surface area contributed by atoms with E-state index in [0.717, 1.165) is 42.2 Å². The maximum absolute atomic E-state index is 13.2. The van der Waals surface area contributed by atoms with Crippen LogP contribution in [0.4, 0.5) is 5.00 Å². The second-order valence-electron chi connectivity index (χ2n) is 8.46. The molecule has 0 aliphatic carbocycles. The van der Waals surface area contributed by atoms with Crippen LogP contribution in [0.5, 0.6) is 0 Å². The zero-order valence-electron chi connectivity index (χ0n) is 17.4. The number of fused-ring (bicyclic) bond motifs is 4. The summed E-state index contributed by atoms with van der Waals surface area (Å²) in [6.45, 7) is 2.72. The van der Waals surface area contributed by atoms with Crippen LogP contribution in [0.15, 0.2) is 60.8 Å². The molecule has 0 spiro atoms. The zero-order valence-corrected chi connectivity index (χ0v) is 18.2. The standard InChI is InChI=1S/C25H24N4OS/c1-28-12-11-18-21(15-28)31-25-22(18)24(30)26-23(27-25)19-14-29(13-16-7-3-2-4-8-16)20-10-6-5-9-17(19)20/h2-10,14,23,27H,11-13,15H2,1H3,(H,26,30)/t23-/m0/s1. The number of hydrogen-bond acceptors (Lipinski definition) is 4. The third kappa shape index (κ3) is 3.14. The number of para-hydroxylation sites is 1. The van der Waals surface area contributed by atoms with Gasteiger partial charge < -0.3 is 20.1 Å². The van der Waals surface area contributed by atoms with Crippen LogP contribution in [0.2, 0.25) is 0 Å². The van der Waals surface area contributed by atoms with E-state index in [2.05, 4.69) is 81.9 Å². The predicted molar refractivity (Wildman–Crippen MR) is 126 cm³/mol. The smallest absolute Gasteiger partial charge is 0.256 e. The van der Waals surface area contributed by atoms with Crippen LogP contribution in [-0.2, 0) is 19.5 Å². The van der Waals surface area contributed by atoms with E-state index in [1.807, 2.05) is 6.07 Å². The lowest BCUT2D eigenvalue weighted by atomic mass is 10.0. The maximum atomic E-state index is 13.2. The van der Waals surface area contributed by atoms with Crippen LogP contribution >= 0.6 is 11.3 Å². The van der Waals surface area contributed by atoms with Crippen molar-refractivity contribution in [3.05, 3.63) is 87.9 Å². The van der Waals surface area contributed by atoms with E-state index in [0.29, 0.717) is 0 Å². The van der Waals surface area contributed by atoms with Crippen molar-refractivity contribution in [3.63, 3.8) is 0 Å². The number of benzene rings is 2. The number of anilines is 1. The molecule has 4 heterocycles. The highest BCUT2D eigenvalue weighted by atomic mass is 32.1. The van der Waals surface area contributed by atoms with E-state index >= 15 is 0 Å². The topological polar surface area (TPSA) is 49.3 Å². The lowest BCUT2D eigenvalue weighted by molar-refractivity contribution is 0.0935. The monoisotopic (exact) mass is 428 g/mol. The summed E-state index contributed by atoms with van der Waals surface area (Å²) in [5.74, 6) is 0.0423. The van der Waals surface area contributed by atoms with Gasteiger partial charge in [-0.05, 0) is 30.7 Å². The van der Waals surface area contributed by atoms with E-state index in [-0.39, 0.29) is 12.1 Å². The Morgan fingerprint density at radius 1 is 1.06 bits per heavy atom. The molecule has 5 nitrogen and oxygen atoms in total. The summed E-state index contributed by atoms with van der Waals surface area (Å²) in [4.78, 5) is 16.8. The Morgan fingerprint density at radius 2 is 1.87 bits per heavy atom. The molecule has 2 N–H and O–H groups in total. The molecule has 1 atom stereocenters. The van der Waals surface area contributed by atoms with Crippen molar-refractivity contribution >= 4 is 33.1 Å². The molecule has 0 unspecified atom stereocenters. The van der Waals surface area contributed by atoms with Gasteiger partial charge in [0.25, 0.3) is 5.91 Å². The SMILES string of the molecule is CN1CCc2c(sc3c2C(=O)N[C@H](c2cn(Cc4ccccc4)c4ccccc24)N3)C1.